The van der Waals surface area contributed by atoms with E-state index in [9.17, 15) is 0 Å². The molecule has 0 aliphatic heterocycles. The number of aliphatic hydroxyl groups excluding tert-OH is 1. The highest BCUT2D eigenvalue weighted by Crippen LogP contribution is 2.01. The topological polar surface area (TPSA) is 63.3 Å². The third kappa shape index (κ3) is 1.65. The van der Waals surface area contributed by atoms with Gasteiger partial charge < -0.3 is 5.11 Å². The van der Waals surface area contributed by atoms with E-state index < -0.39 is 0 Å². The zero-order valence-corrected chi connectivity index (χ0v) is 7.09. The Kier molecular flexibility index (Phi) is 2.18. The number of rotatable bonds is 3. The summed E-state index contributed by atoms with van der Waals surface area (Å²) >= 11 is 0. The van der Waals surface area contributed by atoms with Crippen molar-refractivity contribution >= 4 is 5.78 Å². The van der Waals surface area contributed by atoms with Crippen LogP contribution in [-0.4, -0.2) is 31.3 Å². The number of hydrogen-bond donors (Lipinski definition) is 1. The van der Waals surface area contributed by atoms with Gasteiger partial charge in [-0.15, -0.1) is 0 Å². The molecule has 0 atom stereocenters. The maximum absolute atomic E-state index is 8.65. The molecule has 0 bridgehead atoms. The number of aromatic nitrogens is 4. The summed E-state index contributed by atoms with van der Waals surface area (Å²) in [5.41, 5.74) is 1.06. The summed E-state index contributed by atoms with van der Waals surface area (Å²) in [4.78, 5) is 8.03. The van der Waals surface area contributed by atoms with Crippen molar-refractivity contribution in [2.75, 3.05) is 6.61 Å². The molecule has 0 aliphatic rings. The molecule has 13 heavy (non-hydrogen) atoms. The first-order valence-corrected chi connectivity index (χ1v) is 4.15. The maximum atomic E-state index is 8.65. The van der Waals surface area contributed by atoms with E-state index in [-0.39, 0.29) is 6.61 Å². The van der Waals surface area contributed by atoms with Crippen LogP contribution >= 0.6 is 0 Å². The molecule has 0 unspecified atom stereocenters. The maximum Gasteiger partial charge on any atom is 0.252 e. The van der Waals surface area contributed by atoms with Gasteiger partial charge in [0.15, 0.2) is 0 Å². The summed E-state index contributed by atoms with van der Waals surface area (Å²) in [6.07, 6.45) is 6.68. The van der Waals surface area contributed by atoms with Crippen molar-refractivity contribution < 1.29 is 5.11 Å². The van der Waals surface area contributed by atoms with Crippen molar-refractivity contribution in [3.8, 4) is 0 Å². The lowest BCUT2D eigenvalue weighted by Crippen LogP contribution is -1.96. The number of aliphatic hydroxyl groups is 1. The van der Waals surface area contributed by atoms with Gasteiger partial charge in [0, 0.05) is 19.0 Å². The van der Waals surface area contributed by atoms with Crippen molar-refractivity contribution in [2.45, 2.75) is 12.8 Å². The Morgan fingerprint density at radius 1 is 1.38 bits per heavy atom. The lowest BCUT2D eigenvalue weighted by molar-refractivity contribution is 0.288. The van der Waals surface area contributed by atoms with E-state index in [0.29, 0.717) is 5.78 Å². The second-order valence-electron chi connectivity index (χ2n) is 2.79. The SMILES string of the molecule is OCCCc1cnc2ncnn2c1. The van der Waals surface area contributed by atoms with Gasteiger partial charge in [0.1, 0.15) is 6.33 Å². The highest BCUT2D eigenvalue weighted by Gasteiger charge is 1.98. The molecule has 68 valence electrons. The van der Waals surface area contributed by atoms with Gasteiger partial charge in [-0.3, -0.25) is 0 Å². The number of aryl methyl sites for hydroxylation is 1. The van der Waals surface area contributed by atoms with Crippen LogP contribution in [0.1, 0.15) is 12.0 Å². The van der Waals surface area contributed by atoms with Gasteiger partial charge in [-0.05, 0) is 18.4 Å². The molecule has 0 spiro atoms. The Labute approximate surface area is 75.1 Å². The van der Waals surface area contributed by atoms with Gasteiger partial charge in [-0.25, -0.2) is 9.50 Å². The van der Waals surface area contributed by atoms with Crippen LogP contribution in [-0.2, 0) is 6.42 Å². The average molecular weight is 178 g/mol. The summed E-state index contributed by atoms with van der Waals surface area (Å²) < 4.78 is 1.63. The zero-order valence-electron chi connectivity index (χ0n) is 7.09. The standard InChI is InChI=1S/C8H10N4O/c13-3-1-2-7-4-9-8-10-6-11-12(8)5-7/h4-6,13H,1-3H2. The van der Waals surface area contributed by atoms with Crippen molar-refractivity contribution in [2.24, 2.45) is 0 Å². The largest absolute Gasteiger partial charge is 0.396 e. The van der Waals surface area contributed by atoms with Gasteiger partial charge in [0.25, 0.3) is 5.78 Å². The normalized spacial score (nSPS) is 10.8. The Bertz CT molecular complexity index is 398. The van der Waals surface area contributed by atoms with Crippen molar-refractivity contribution in [1.29, 1.82) is 0 Å². The molecule has 0 amide bonds. The smallest absolute Gasteiger partial charge is 0.252 e. The van der Waals surface area contributed by atoms with Crippen LogP contribution in [0.2, 0.25) is 0 Å². The van der Waals surface area contributed by atoms with E-state index in [1.54, 1.807) is 10.7 Å². The lowest BCUT2D eigenvalue weighted by atomic mass is 10.2. The number of hydrogen-bond acceptors (Lipinski definition) is 4. The number of nitrogens with zero attached hydrogens (tertiary/aromatic N) is 4. The molecule has 2 aromatic rings. The molecular weight excluding hydrogens is 168 g/mol. The van der Waals surface area contributed by atoms with Crippen LogP contribution in [0.5, 0.6) is 0 Å². The predicted octanol–water partition coefficient (Wildman–Crippen LogP) is 0.0492. The second kappa shape index (κ2) is 3.49. The third-order valence-corrected chi connectivity index (χ3v) is 1.81. The van der Waals surface area contributed by atoms with E-state index in [1.165, 1.54) is 6.33 Å². The van der Waals surface area contributed by atoms with Crippen LogP contribution in [0.25, 0.3) is 5.78 Å². The quantitative estimate of drug-likeness (QED) is 0.721. The predicted molar refractivity (Wildman–Crippen MR) is 46.2 cm³/mol. The van der Waals surface area contributed by atoms with Crippen molar-refractivity contribution in [3.63, 3.8) is 0 Å². The Morgan fingerprint density at radius 2 is 2.31 bits per heavy atom. The summed E-state index contributed by atoms with van der Waals surface area (Å²) in [5.74, 6) is 0.604. The summed E-state index contributed by atoms with van der Waals surface area (Å²) in [7, 11) is 0. The minimum Gasteiger partial charge on any atom is -0.396 e. The van der Waals surface area contributed by atoms with E-state index in [1.807, 2.05) is 6.20 Å². The molecule has 2 aromatic heterocycles. The first kappa shape index (κ1) is 8.12. The first-order chi connectivity index (χ1) is 6.40. The third-order valence-electron chi connectivity index (χ3n) is 1.81. The summed E-state index contributed by atoms with van der Waals surface area (Å²) in [6, 6.07) is 0. The second-order valence-corrected chi connectivity index (χ2v) is 2.79. The van der Waals surface area contributed by atoms with Crippen molar-refractivity contribution in [1.82, 2.24) is 19.6 Å². The molecular formula is C8H10N4O. The van der Waals surface area contributed by atoms with Crippen LogP contribution < -0.4 is 0 Å². The zero-order chi connectivity index (χ0) is 9.10. The highest BCUT2D eigenvalue weighted by molar-refractivity contribution is 5.25. The Morgan fingerprint density at radius 3 is 3.15 bits per heavy atom. The molecule has 0 aliphatic carbocycles. The fraction of sp³-hybridized carbons (Fsp3) is 0.375. The van der Waals surface area contributed by atoms with Crippen LogP contribution in [0, 0.1) is 0 Å². The Hall–Kier alpha value is -1.49. The summed E-state index contributed by atoms with van der Waals surface area (Å²) in [5, 5.41) is 12.6. The molecule has 0 saturated carbocycles. The minimum atomic E-state index is 0.204. The van der Waals surface area contributed by atoms with Crippen molar-refractivity contribution in [3.05, 3.63) is 24.3 Å². The average Bonchev–Trinajstić information content (AvgIpc) is 2.61. The fourth-order valence-electron chi connectivity index (χ4n) is 1.17. The molecule has 0 aromatic carbocycles. The highest BCUT2D eigenvalue weighted by atomic mass is 16.2. The van der Waals surface area contributed by atoms with Gasteiger partial charge in [0.2, 0.25) is 0 Å². The van der Waals surface area contributed by atoms with E-state index in [2.05, 4.69) is 15.1 Å². The van der Waals surface area contributed by atoms with Gasteiger partial charge in [0.05, 0.1) is 0 Å². The summed E-state index contributed by atoms with van der Waals surface area (Å²) in [6.45, 7) is 0.204. The molecule has 0 fully saturated rings. The van der Waals surface area contributed by atoms with Gasteiger partial charge in [-0.1, -0.05) is 0 Å². The van der Waals surface area contributed by atoms with Gasteiger partial charge >= 0.3 is 0 Å². The molecule has 5 heteroatoms. The Balaban J connectivity index is 2.26. The number of fused-ring (bicyclic) bond motifs is 1. The minimum absolute atomic E-state index is 0.204. The lowest BCUT2D eigenvalue weighted by Gasteiger charge is -1.98. The van der Waals surface area contributed by atoms with E-state index >= 15 is 0 Å². The molecule has 0 saturated heterocycles. The van der Waals surface area contributed by atoms with Crippen LogP contribution in [0.3, 0.4) is 0 Å². The van der Waals surface area contributed by atoms with Gasteiger partial charge in [-0.2, -0.15) is 10.1 Å². The fourth-order valence-corrected chi connectivity index (χ4v) is 1.17. The molecule has 0 radical (unpaired) electrons. The van der Waals surface area contributed by atoms with E-state index in [0.717, 1.165) is 18.4 Å². The molecule has 1 N–H and O–H groups in total. The van der Waals surface area contributed by atoms with E-state index in [4.69, 9.17) is 5.11 Å². The molecule has 2 rings (SSSR count). The van der Waals surface area contributed by atoms with Crippen LogP contribution in [0.4, 0.5) is 0 Å². The van der Waals surface area contributed by atoms with Crippen LogP contribution in [0.15, 0.2) is 18.7 Å². The first-order valence-electron chi connectivity index (χ1n) is 4.15. The monoisotopic (exact) mass is 178 g/mol. The molecule has 2 heterocycles. The molecule has 5 nitrogen and oxygen atoms in total.